The number of pyridine rings is 1. The van der Waals surface area contributed by atoms with E-state index in [1.165, 1.54) is 23.9 Å². The van der Waals surface area contributed by atoms with Crippen LogP contribution in [0, 0.1) is 6.92 Å². The van der Waals surface area contributed by atoms with Gasteiger partial charge in [0.15, 0.2) is 11.4 Å². The van der Waals surface area contributed by atoms with Gasteiger partial charge in [0.1, 0.15) is 6.67 Å². The zero-order valence-corrected chi connectivity index (χ0v) is 13.7. The van der Waals surface area contributed by atoms with E-state index < -0.39 is 18.7 Å². The molecule has 8 heteroatoms. The Morgan fingerprint density at radius 2 is 2.24 bits per heavy atom. The molecule has 0 spiro atoms. The maximum Gasteiger partial charge on any atom is 0.337 e. The third-order valence-corrected chi connectivity index (χ3v) is 3.77. The van der Waals surface area contributed by atoms with Crippen molar-refractivity contribution >= 4 is 17.6 Å². The molecule has 1 aromatic carbocycles. The zero-order chi connectivity index (χ0) is 18.0. The van der Waals surface area contributed by atoms with Crippen LogP contribution in [0.4, 0.5) is 10.3 Å². The summed E-state index contributed by atoms with van der Waals surface area (Å²) in [6, 6.07) is 8.25. The lowest BCUT2D eigenvalue weighted by Gasteiger charge is -2.14. The minimum atomic E-state index is -1.10. The summed E-state index contributed by atoms with van der Waals surface area (Å²) in [4.78, 5) is 15.5. The molecular weight excluding hydrogens is 327 g/mol. The Morgan fingerprint density at radius 1 is 1.44 bits per heavy atom. The quantitative estimate of drug-likeness (QED) is 0.715. The molecule has 0 fully saturated rings. The Kier molecular flexibility index (Phi) is 4.51. The van der Waals surface area contributed by atoms with Crippen LogP contribution in [-0.2, 0) is 0 Å². The molecule has 25 heavy (non-hydrogen) atoms. The van der Waals surface area contributed by atoms with Gasteiger partial charge in [-0.05, 0) is 12.5 Å². The molecule has 7 nitrogen and oxygen atoms in total. The highest BCUT2D eigenvalue weighted by Crippen LogP contribution is 2.24. The molecule has 1 unspecified atom stereocenters. The second kappa shape index (κ2) is 6.76. The molecule has 0 saturated heterocycles. The summed E-state index contributed by atoms with van der Waals surface area (Å²) in [5.41, 5.74) is 2.16. The molecule has 2 heterocycles. The Balaban J connectivity index is 1.97. The van der Waals surface area contributed by atoms with Gasteiger partial charge in [-0.25, -0.2) is 13.7 Å². The van der Waals surface area contributed by atoms with E-state index in [1.807, 2.05) is 31.2 Å². The minimum absolute atomic E-state index is 0.0153. The van der Waals surface area contributed by atoms with Gasteiger partial charge in [0.25, 0.3) is 0 Å². The smallest absolute Gasteiger partial charge is 0.337 e. The predicted molar refractivity (Wildman–Crippen MR) is 90.0 cm³/mol. The van der Waals surface area contributed by atoms with Crippen molar-refractivity contribution in [3.63, 3.8) is 0 Å². The van der Waals surface area contributed by atoms with Crippen molar-refractivity contribution in [2.75, 3.05) is 19.1 Å². The maximum absolute atomic E-state index is 13.5. The molecule has 2 aromatic heterocycles. The number of halogens is 1. The van der Waals surface area contributed by atoms with Gasteiger partial charge in [-0.1, -0.05) is 29.8 Å². The minimum Gasteiger partial charge on any atom is -0.493 e. The highest BCUT2D eigenvalue weighted by atomic mass is 19.1. The summed E-state index contributed by atoms with van der Waals surface area (Å²) in [6.45, 7) is 1.29. The summed E-state index contributed by atoms with van der Waals surface area (Å²) in [7, 11) is 1.42. The van der Waals surface area contributed by atoms with Crippen molar-refractivity contribution in [3.8, 4) is 5.75 Å². The third-order valence-electron chi connectivity index (χ3n) is 3.77. The fourth-order valence-corrected chi connectivity index (χ4v) is 2.54. The molecule has 0 aliphatic rings. The summed E-state index contributed by atoms with van der Waals surface area (Å²) in [6.07, 6.45) is 1.33. The molecule has 0 bridgehead atoms. The molecule has 0 aliphatic carbocycles. The number of aromatic nitrogens is 3. The largest absolute Gasteiger partial charge is 0.493 e. The van der Waals surface area contributed by atoms with Gasteiger partial charge in [-0.3, -0.25) is 0 Å². The topological polar surface area (TPSA) is 88.8 Å². The highest BCUT2D eigenvalue weighted by molar-refractivity contribution is 5.88. The van der Waals surface area contributed by atoms with Gasteiger partial charge in [0.2, 0.25) is 5.95 Å². The standard InChI is InChI=1S/C17H17FN4O3/c1-10-4-3-5-11(6-10)13(8-18)19-17-20-15-14(25-2)7-12(16(23)24)9-22(15)21-17/h3-7,9,13H,8H2,1-2H3,(H,19,21)(H,23,24). The van der Waals surface area contributed by atoms with Crippen LogP contribution in [0.5, 0.6) is 5.75 Å². The summed E-state index contributed by atoms with van der Waals surface area (Å²) < 4.78 is 20.0. The second-order valence-electron chi connectivity index (χ2n) is 5.57. The summed E-state index contributed by atoms with van der Waals surface area (Å²) >= 11 is 0. The van der Waals surface area contributed by atoms with E-state index in [9.17, 15) is 9.18 Å². The number of carbonyl (C=O) groups is 1. The van der Waals surface area contributed by atoms with Crippen LogP contribution in [0.15, 0.2) is 36.5 Å². The predicted octanol–water partition coefficient (Wildman–Crippen LogP) is 2.87. The number of carboxylic acid groups (broad SMARTS) is 1. The summed E-state index contributed by atoms with van der Waals surface area (Å²) in [5, 5.41) is 16.3. The fourth-order valence-electron chi connectivity index (χ4n) is 2.54. The number of rotatable bonds is 6. The number of nitrogens with one attached hydrogen (secondary N) is 1. The molecule has 130 valence electrons. The first-order chi connectivity index (χ1) is 12.0. The molecular formula is C17H17FN4O3. The van der Waals surface area contributed by atoms with Crippen molar-refractivity contribution in [1.82, 2.24) is 14.6 Å². The van der Waals surface area contributed by atoms with Crippen LogP contribution in [0.2, 0.25) is 0 Å². The van der Waals surface area contributed by atoms with Crippen molar-refractivity contribution in [1.29, 1.82) is 0 Å². The van der Waals surface area contributed by atoms with E-state index in [-0.39, 0.29) is 17.3 Å². The number of anilines is 1. The number of aryl methyl sites for hydroxylation is 1. The Hall–Kier alpha value is -3.16. The first-order valence-electron chi connectivity index (χ1n) is 7.58. The van der Waals surface area contributed by atoms with Gasteiger partial charge in [-0.15, -0.1) is 5.10 Å². The van der Waals surface area contributed by atoms with Gasteiger partial charge < -0.3 is 15.2 Å². The van der Waals surface area contributed by atoms with E-state index in [2.05, 4.69) is 15.4 Å². The maximum atomic E-state index is 13.5. The number of fused-ring (bicyclic) bond motifs is 1. The lowest BCUT2D eigenvalue weighted by Crippen LogP contribution is -2.14. The van der Waals surface area contributed by atoms with E-state index in [1.54, 1.807) is 0 Å². The van der Waals surface area contributed by atoms with Crippen molar-refractivity contribution < 1.29 is 19.0 Å². The number of ether oxygens (including phenoxy) is 1. The zero-order valence-electron chi connectivity index (χ0n) is 13.7. The lowest BCUT2D eigenvalue weighted by atomic mass is 10.1. The van der Waals surface area contributed by atoms with Crippen molar-refractivity contribution in [3.05, 3.63) is 53.2 Å². The van der Waals surface area contributed by atoms with E-state index in [0.29, 0.717) is 5.65 Å². The molecule has 0 saturated carbocycles. The van der Waals surface area contributed by atoms with Crippen LogP contribution in [-0.4, -0.2) is 39.5 Å². The van der Waals surface area contributed by atoms with Crippen LogP contribution in [0.25, 0.3) is 5.65 Å². The average Bonchev–Trinajstić information content (AvgIpc) is 3.01. The Labute approximate surface area is 143 Å². The van der Waals surface area contributed by atoms with Gasteiger partial charge in [-0.2, -0.15) is 4.98 Å². The fraction of sp³-hybridized carbons (Fsp3) is 0.235. The molecule has 0 amide bonds. The van der Waals surface area contributed by atoms with E-state index in [0.717, 1.165) is 11.1 Å². The monoisotopic (exact) mass is 344 g/mol. The second-order valence-corrected chi connectivity index (χ2v) is 5.57. The molecule has 3 aromatic rings. The van der Waals surface area contributed by atoms with Crippen LogP contribution >= 0.6 is 0 Å². The molecule has 0 aliphatic heterocycles. The Bertz CT molecular complexity index is 925. The van der Waals surface area contributed by atoms with Crippen molar-refractivity contribution in [2.45, 2.75) is 13.0 Å². The van der Waals surface area contributed by atoms with E-state index >= 15 is 0 Å². The van der Waals surface area contributed by atoms with Gasteiger partial charge in [0.05, 0.1) is 18.7 Å². The number of benzene rings is 1. The first kappa shape index (κ1) is 16.7. The SMILES string of the molecule is COc1cc(C(=O)O)cn2nc(NC(CF)c3cccc(C)c3)nc12. The number of aromatic carboxylic acids is 1. The number of carboxylic acids is 1. The normalized spacial score (nSPS) is 12.1. The lowest BCUT2D eigenvalue weighted by molar-refractivity contribution is 0.0695. The Morgan fingerprint density at radius 3 is 2.88 bits per heavy atom. The molecule has 3 rings (SSSR count). The average molecular weight is 344 g/mol. The number of alkyl halides is 1. The first-order valence-corrected chi connectivity index (χ1v) is 7.58. The number of nitrogens with zero attached hydrogens (tertiary/aromatic N) is 3. The van der Waals surface area contributed by atoms with Crippen molar-refractivity contribution in [2.24, 2.45) is 0 Å². The number of hydrogen-bond acceptors (Lipinski definition) is 5. The van der Waals surface area contributed by atoms with Crippen LogP contribution in [0.3, 0.4) is 0 Å². The third kappa shape index (κ3) is 3.37. The molecule has 0 radical (unpaired) electrons. The molecule has 2 N–H and O–H groups in total. The number of methoxy groups -OCH3 is 1. The van der Waals surface area contributed by atoms with Crippen LogP contribution < -0.4 is 10.1 Å². The highest BCUT2D eigenvalue weighted by Gasteiger charge is 2.17. The summed E-state index contributed by atoms with van der Waals surface area (Å²) in [5.74, 6) is -0.649. The molecule has 1 atom stereocenters. The van der Waals surface area contributed by atoms with Crippen LogP contribution in [0.1, 0.15) is 27.5 Å². The number of hydrogen-bond donors (Lipinski definition) is 2. The van der Waals surface area contributed by atoms with E-state index in [4.69, 9.17) is 9.84 Å². The van der Waals surface area contributed by atoms with Gasteiger partial charge >= 0.3 is 5.97 Å². The van der Waals surface area contributed by atoms with Gasteiger partial charge in [0, 0.05) is 12.3 Å².